The van der Waals surface area contributed by atoms with E-state index in [2.05, 4.69) is 36.5 Å². The van der Waals surface area contributed by atoms with E-state index in [1.165, 1.54) is 36.4 Å². The van der Waals surface area contributed by atoms with E-state index < -0.39 is 0 Å². The molecule has 0 aliphatic heterocycles. The molecular weight excluding hydrogens is 324 g/mol. The molecule has 1 heterocycles. The van der Waals surface area contributed by atoms with Gasteiger partial charge in [0, 0.05) is 23.2 Å². The molecule has 24 heavy (non-hydrogen) atoms. The molecular formula is C18H22N2O3S. The summed E-state index contributed by atoms with van der Waals surface area (Å²) in [4.78, 5) is 24.9. The van der Waals surface area contributed by atoms with Crippen LogP contribution in [-0.2, 0) is 7.05 Å². The van der Waals surface area contributed by atoms with Crippen LogP contribution in [0.3, 0.4) is 0 Å². The lowest BCUT2D eigenvalue weighted by Gasteiger charge is -2.28. The third-order valence-corrected chi connectivity index (χ3v) is 5.96. The molecule has 1 aliphatic carbocycles. The molecule has 1 aromatic carbocycles. The third-order valence-electron chi connectivity index (χ3n) is 4.47. The molecule has 0 radical (unpaired) electrons. The molecule has 0 saturated heterocycles. The summed E-state index contributed by atoms with van der Waals surface area (Å²) in [6.07, 6.45) is 4.50. The molecule has 1 amide bonds. The largest absolute Gasteiger partial charge is 0.371 e. The number of carbonyl (C=O) groups excluding carboxylic acids is 1. The van der Waals surface area contributed by atoms with Crippen molar-refractivity contribution in [2.24, 2.45) is 7.05 Å². The van der Waals surface area contributed by atoms with Crippen molar-refractivity contribution in [3.05, 3.63) is 52.0 Å². The van der Waals surface area contributed by atoms with Gasteiger partial charge in [-0.2, -0.15) is 4.74 Å². The van der Waals surface area contributed by atoms with Gasteiger partial charge in [-0.15, -0.1) is 11.8 Å². The minimum atomic E-state index is -0.330. The highest BCUT2D eigenvalue weighted by Crippen LogP contribution is 2.44. The van der Waals surface area contributed by atoms with Gasteiger partial charge in [0.15, 0.2) is 0 Å². The van der Waals surface area contributed by atoms with Crippen LogP contribution >= 0.6 is 11.8 Å². The Balaban J connectivity index is 1.68. The van der Waals surface area contributed by atoms with Gasteiger partial charge in [0.25, 0.3) is 11.5 Å². The number of benzene rings is 1. The zero-order valence-corrected chi connectivity index (χ0v) is 14.8. The molecule has 1 N–H and O–H groups in total. The van der Waals surface area contributed by atoms with Gasteiger partial charge in [-0.05, 0) is 31.9 Å². The summed E-state index contributed by atoms with van der Waals surface area (Å²) in [5.41, 5.74) is 0.928. The zero-order chi connectivity index (χ0) is 17.2. The molecule has 2 aromatic rings. The molecule has 0 unspecified atom stereocenters. The van der Waals surface area contributed by atoms with Crippen LogP contribution in [0.4, 0.5) is 0 Å². The summed E-state index contributed by atoms with van der Waals surface area (Å²) in [6, 6.07) is 9.73. The molecule has 128 valence electrons. The Hall–Kier alpha value is -1.95. The van der Waals surface area contributed by atoms with E-state index in [0.717, 1.165) is 17.6 Å². The van der Waals surface area contributed by atoms with E-state index in [1.54, 1.807) is 0 Å². The van der Waals surface area contributed by atoms with Crippen molar-refractivity contribution in [2.45, 2.75) is 42.2 Å². The van der Waals surface area contributed by atoms with Gasteiger partial charge in [0.1, 0.15) is 0 Å². The maximum atomic E-state index is 12.2. The molecule has 1 aliphatic rings. The standard InChI is InChI=1S/C18H22N2O3S/c1-13-5-7-14(8-6-13)24-18(9-3-4-10-18)12-19-17(22)15-11-16(21)20(2)23-15/h5-8,11H,3-4,9-10,12H2,1-2H3,(H,19,22). The lowest BCUT2D eigenvalue weighted by Crippen LogP contribution is -2.38. The minimum Gasteiger partial charge on any atom is -0.371 e. The van der Waals surface area contributed by atoms with Gasteiger partial charge in [-0.25, -0.2) is 0 Å². The second-order valence-electron chi connectivity index (χ2n) is 6.42. The first-order valence-corrected chi connectivity index (χ1v) is 9.00. The molecule has 1 aromatic heterocycles. The highest BCUT2D eigenvalue weighted by atomic mass is 32.2. The predicted octanol–water partition coefficient (Wildman–Crippen LogP) is 3.12. The SMILES string of the molecule is Cc1ccc(SC2(CNC(=O)c3cc(=O)n(C)o3)CCCC2)cc1. The number of aromatic nitrogens is 1. The van der Waals surface area contributed by atoms with Crippen molar-refractivity contribution >= 4 is 17.7 Å². The summed E-state index contributed by atoms with van der Waals surface area (Å²) in [6.45, 7) is 2.65. The zero-order valence-electron chi connectivity index (χ0n) is 14.0. The summed E-state index contributed by atoms with van der Waals surface area (Å²) in [5.74, 6) is -0.264. The minimum absolute atomic E-state index is 0.0139. The number of hydrogen-bond donors (Lipinski definition) is 1. The third kappa shape index (κ3) is 3.75. The maximum Gasteiger partial charge on any atom is 0.289 e. The molecule has 1 fully saturated rings. The number of rotatable bonds is 5. The van der Waals surface area contributed by atoms with Crippen molar-refractivity contribution in [1.29, 1.82) is 0 Å². The molecule has 5 nitrogen and oxygen atoms in total. The molecule has 1 saturated carbocycles. The Morgan fingerprint density at radius 1 is 1.29 bits per heavy atom. The quantitative estimate of drug-likeness (QED) is 0.903. The van der Waals surface area contributed by atoms with E-state index in [1.807, 2.05) is 11.8 Å². The number of aryl methyl sites for hydroxylation is 2. The Kier molecular flexibility index (Phi) is 4.85. The average Bonchev–Trinajstić information content (AvgIpc) is 3.15. The van der Waals surface area contributed by atoms with Gasteiger partial charge >= 0.3 is 0 Å². The fourth-order valence-electron chi connectivity index (χ4n) is 3.05. The first-order valence-electron chi connectivity index (χ1n) is 8.19. The van der Waals surface area contributed by atoms with E-state index in [0.29, 0.717) is 6.54 Å². The highest BCUT2D eigenvalue weighted by molar-refractivity contribution is 8.00. The number of hydrogen-bond acceptors (Lipinski definition) is 4. The molecule has 6 heteroatoms. The topological polar surface area (TPSA) is 64.2 Å². The first-order chi connectivity index (χ1) is 11.5. The average molecular weight is 346 g/mol. The summed E-state index contributed by atoms with van der Waals surface area (Å²) < 4.78 is 6.21. The number of nitrogens with zero attached hydrogens (tertiary/aromatic N) is 1. The summed E-state index contributed by atoms with van der Waals surface area (Å²) >= 11 is 1.84. The van der Waals surface area contributed by atoms with Crippen molar-refractivity contribution in [2.75, 3.05) is 6.54 Å². The lowest BCUT2D eigenvalue weighted by molar-refractivity contribution is 0.0899. The van der Waals surface area contributed by atoms with Crippen LogP contribution in [0.1, 0.15) is 41.8 Å². The van der Waals surface area contributed by atoms with Crippen molar-refractivity contribution in [3.8, 4) is 0 Å². The van der Waals surface area contributed by atoms with Crippen molar-refractivity contribution < 1.29 is 9.32 Å². The van der Waals surface area contributed by atoms with Gasteiger partial charge in [0.05, 0.1) is 6.07 Å². The van der Waals surface area contributed by atoms with Gasteiger partial charge < -0.3 is 9.84 Å². The van der Waals surface area contributed by atoms with Crippen LogP contribution < -0.4 is 10.9 Å². The fourth-order valence-corrected chi connectivity index (χ4v) is 4.46. The number of nitrogens with one attached hydrogen (secondary N) is 1. The second-order valence-corrected chi connectivity index (χ2v) is 7.97. The predicted molar refractivity (Wildman–Crippen MR) is 94.5 cm³/mol. The number of carbonyl (C=O) groups is 1. The van der Waals surface area contributed by atoms with Gasteiger partial charge in [0.2, 0.25) is 5.76 Å². The number of amides is 1. The van der Waals surface area contributed by atoms with Crippen LogP contribution in [0, 0.1) is 6.92 Å². The Morgan fingerprint density at radius 2 is 1.96 bits per heavy atom. The molecule has 0 spiro atoms. The van der Waals surface area contributed by atoms with Crippen LogP contribution in [0.5, 0.6) is 0 Å². The maximum absolute atomic E-state index is 12.2. The Bertz CT molecular complexity index is 770. The fraction of sp³-hybridized carbons (Fsp3) is 0.444. The van der Waals surface area contributed by atoms with Crippen molar-refractivity contribution in [3.63, 3.8) is 0 Å². The Morgan fingerprint density at radius 3 is 2.54 bits per heavy atom. The molecule has 0 atom stereocenters. The normalized spacial score (nSPS) is 16.2. The monoisotopic (exact) mass is 346 g/mol. The molecule has 3 rings (SSSR count). The number of thioether (sulfide) groups is 1. The first kappa shape index (κ1) is 16.9. The van der Waals surface area contributed by atoms with E-state index >= 15 is 0 Å². The van der Waals surface area contributed by atoms with Crippen LogP contribution in [-0.4, -0.2) is 21.9 Å². The molecule has 0 bridgehead atoms. The van der Waals surface area contributed by atoms with E-state index in [4.69, 9.17) is 4.52 Å². The second kappa shape index (κ2) is 6.89. The van der Waals surface area contributed by atoms with Crippen LogP contribution in [0.25, 0.3) is 0 Å². The van der Waals surface area contributed by atoms with E-state index in [9.17, 15) is 9.59 Å². The van der Waals surface area contributed by atoms with Crippen molar-refractivity contribution in [1.82, 2.24) is 10.1 Å². The lowest BCUT2D eigenvalue weighted by atomic mass is 10.1. The summed E-state index contributed by atoms with van der Waals surface area (Å²) in [5, 5.41) is 2.95. The van der Waals surface area contributed by atoms with Gasteiger partial charge in [-0.1, -0.05) is 30.5 Å². The van der Waals surface area contributed by atoms with Crippen LogP contribution in [0.15, 0.2) is 44.5 Å². The van der Waals surface area contributed by atoms with Gasteiger partial charge in [-0.3, -0.25) is 9.59 Å². The Labute approximate surface area is 145 Å². The van der Waals surface area contributed by atoms with Crippen LogP contribution in [0.2, 0.25) is 0 Å². The van der Waals surface area contributed by atoms with E-state index in [-0.39, 0.29) is 22.0 Å². The summed E-state index contributed by atoms with van der Waals surface area (Å²) in [7, 11) is 1.49. The smallest absolute Gasteiger partial charge is 0.289 e. The highest BCUT2D eigenvalue weighted by Gasteiger charge is 2.35.